The van der Waals surface area contributed by atoms with E-state index >= 15 is 0 Å². The Labute approximate surface area is 170 Å². The number of carbonyl (C=O) groups is 1. The lowest BCUT2D eigenvalue weighted by atomic mass is 10.1. The molecule has 2 heterocycles. The molecule has 0 bridgehead atoms. The van der Waals surface area contributed by atoms with Gasteiger partial charge >= 0.3 is 0 Å². The van der Waals surface area contributed by atoms with Gasteiger partial charge in [-0.25, -0.2) is 4.98 Å². The third-order valence-electron chi connectivity index (χ3n) is 4.81. The van der Waals surface area contributed by atoms with Crippen LogP contribution in [0.1, 0.15) is 15.9 Å². The molecular weight excluding hydrogens is 386 g/mol. The average molecular weight is 402 g/mol. The summed E-state index contributed by atoms with van der Waals surface area (Å²) in [5.41, 5.74) is 4.81. The largest absolute Gasteiger partial charge is 0.348 e. The van der Waals surface area contributed by atoms with Crippen LogP contribution in [0.15, 0.2) is 66.7 Å². The summed E-state index contributed by atoms with van der Waals surface area (Å²) in [5, 5.41) is 12.0. The fourth-order valence-electron chi connectivity index (χ4n) is 3.29. The van der Waals surface area contributed by atoms with Gasteiger partial charge in [-0.3, -0.25) is 9.89 Å². The first kappa shape index (κ1) is 17.5. The van der Waals surface area contributed by atoms with Crippen molar-refractivity contribution < 1.29 is 4.79 Å². The molecule has 0 unspecified atom stereocenters. The van der Waals surface area contributed by atoms with Crippen molar-refractivity contribution >= 4 is 39.4 Å². The van der Waals surface area contributed by atoms with Gasteiger partial charge in [-0.2, -0.15) is 5.10 Å². The number of halogens is 1. The number of hydrogen-bond acceptors (Lipinski definition) is 3. The van der Waals surface area contributed by atoms with Gasteiger partial charge in [-0.1, -0.05) is 41.9 Å². The molecule has 2 aromatic heterocycles. The smallest absolute Gasteiger partial charge is 0.251 e. The van der Waals surface area contributed by atoms with Crippen LogP contribution in [0.3, 0.4) is 0 Å². The Bertz CT molecular complexity index is 1340. The van der Waals surface area contributed by atoms with Crippen molar-refractivity contribution in [1.82, 2.24) is 25.5 Å². The maximum absolute atomic E-state index is 12.6. The van der Waals surface area contributed by atoms with E-state index in [1.165, 1.54) is 0 Å². The van der Waals surface area contributed by atoms with Crippen molar-refractivity contribution in [2.75, 3.05) is 0 Å². The van der Waals surface area contributed by atoms with Gasteiger partial charge in [0.05, 0.1) is 16.6 Å². The molecule has 0 radical (unpaired) electrons. The Morgan fingerprint density at radius 3 is 2.69 bits per heavy atom. The highest BCUT2D eigenvalue weighted by atomic mass is 35.5. The summed E-state index contributed by atoms with van der Waals surface area (Å²) in [4.78, 5) is 20.5. The molecule has 0 fully saturated rings. The number of aromatic nitrogens is 4. The molecule has 1 amide bonds. The zero-order valence-electron chi connectivity index (χ0n) is 15.2. The van der Waals surface area contributed by atoms with Crippen LogP contribution in [-0.2, 0) is 6.54 Å². The number of H-pyrrole nitrogens is 2. The van der Waals surface area contributed by atoms with Crippen LogP contribution in [0.2, 0.25) is 5.02 Å². The number of para-hydroxylation sites is 1. The second kappa shape index (κ2) is 7.07. The molecule has 142 valence electrons. The van der Waals surface area contributed by atoms with Crippen LogP contribution >= 0.6 is 11.6 Å². The van der Waals surface area contributed by atoms with E-state index in [1.54, 1.807) is 24.3 Å². The minimum Gasteiger partial charge on any atom is -0.348 e. The number of amides is 1. The summed E-state index contributed by atoms with van der Waals surface area (Å²) >= 11 is 5.89. The zero-order chi connectivity index (χ0) is 19.8. The first-order valence-electron chi connectivity index (χ1n) is 9.13. The lowest BCUT2D eigenvalue weighted by Gasteiger charge is -2.05. The number of nitrogens with one attached hydrogen (secondary N) is 3. The normalized spacial score (nSPS) is 11.2. The number of imidazole rings is 1. The lowest BCUT2D eigenvalue weighted by Crippen LogP contribution is -2.22. The van der Waals surface area contributed by atoms with Crippen LogP contribution in [0, 0.1) is 0 Å². The molecule has 5 aromatic rings. The molecule has 0 saturated carbocycles. The predicted molar refractivity (Wildman–Crippen MR) is 114 cm³/mol. The lowest BCUT2D eigenvalue weighted by molar-refractivity contribution is 0.0951. The number of hydrogen-bond donors (Lipinski definition) is 3. The van der Waals surface area contributed by atoms with Gasteiger partial charge in [-0.15, -0.1) is 0 Å². The summed E-state index contributed by atoms with van der Waals surface area (Å²) in [6.45, 7) is 0.432. The zero-order valence-corrected chi connectivity index (χ0v) is 16.0. The van der Waals surface area contributed by atoms with Crippen molar-refractivity contribution in [1.29, 1.82) is 0 Å². The van der Waals surface area contributed by atoms with E-state index in [0.29, 0.717) is 23.0 Å². The monoisotopic (exact) mass is 401 g/mol. The van der Waals surface area contributed by atoms with Crippen molar-refractivity contribution in [3.63, 3.8) is 0 Å². The summed E-state index contributed by atoms with van der Waals surface area (Å²) < 4.78 is 0. The SMILES string of the molecule is O=C(NCc1ccc(Cl)cc1)c1ccc2nc(-c3n[nH]c4ccccc34)[nH]c2c1. The summed E-state index contributed by atoms with van der Waals surface area (Å²) in [6, 6.07) is 20.7. The number of nitrogens with zero attached hydrogens (tertiary/aromatic N) is 2. The van der Waals surface area contributed by atoms with Crippen LogP contribution in [-0.4, -0.2) is 26.1 Å². The quantitative estimate of drug-likeness (QED) is 0.408. The molecular formula is C22H16ClN5O. The second-order valence-electron chi connectivity index (χ2n) is 6.74. The van der Waals surface area contributed by atoms with Crippen LogP contribution in [0.4, 0.5) is 0 Å². The van der Waals surface area contributed by atoms with E-state index in [2.05, 4.69) is 25.5 Å². The number of carbonyl (C=O) groups excluding carboxylic acids is 1. The van der Waals surface area contributed by atoms with Gasteiger partial charge in [0.15, 0.2) is 5.82 Å². The Balaban J connectivity index is 1.40. The summed E-state index contributed by atoms with van der Waals surface area (Å²) in [5.74, 6) is 0.513. The van der Waals surface area contributed by atoms with Crippen molar-refractivity contribution in [3.8, 4) is 11.5 Å². The van der Waals surface area contributed by atoms with E-state index in [9.17, 15) is 4.79 Å². The van der Waals surface area contributed by atoms with Crippen LogP contribution in [0.25, 0.3) is 33.5 Å². The minimum absolute atomic E-state index is 0.150. The molecule has 29 heavy (non-hydrogen) atoms. The molecule has 0 aliphatic carbocycles. The van der Waals surface area contributed by atoms with Crippen molar-refractivity contribution in [2.24, 2.45) is 0 Å². The van der Waals surface area contributed by atoms with Gasteiger partial charge in [0.2, 0.25) is 0 Å². The van der Waals surface area contributed by atoms with E-state index in [1.807, 2.05) is 42.5 Å². The molecule has 3 aromatic carbocycles. The van der Waals surface area contributed by atoms with Gasteiger partial charge < -0.3 is 10.3 Å². The topological polar surface area (TPSA) is 86.5 Å². The van der Waals surface area contributed by atoms with E-state index in [4.69, 9.17) is 11.6 Å². The standard InChI is InChI=1S/C22H16ClN5O/c23-15-8-5-13(6-9-15)12-24-22(29)14-7-10-18-19(11-14)26-21(25-18)20-16-3-1-2-4-17(16)27-28-20/h1-11H,12H2,(H,24,29)(H,25,26)(H,27,28). The van der Waals surface area contributed by atoms with Crippen molar-refractivity contribution in [2.45, 2.75) is 6.54 Å². The molecule has 0 atom stereocenters. The number of benzene rings is 3. The Kier molecular flexibility index (Phi) is 4.26. The second-order valence-corrected chi connectivity index (χ2v) is 7.18. The molecule has 7 heteroatoms. The first-order chi connectivity index (χ1) is 14.2. The molecule has 0 aliphatic heterocycles. The molecule has 0 aliphatic rings. The predicted octanol–water partition coefficient (Wildman–Crippen LogP) is 4.69. The summed E-state index contributed by atoms with van der Waals surface area (Å²) in [7, 11) is 0. The molecule has 5 rings (SSSR count). The highest BCUT2D eigenvalue weighted by Gasteiger charge is 2.14. The fourth-order valence-corrected chi connectivity index (χ4v) is 3.42. The Morgan fingerprint density at radius 2 is 1.83 bits per heavy atom. The highest BCUT2D eigenvalue weighted by Crippen LogP contribution is 2.26. The fraction of sp³-hybridized carbons (Fsp3) is 0.0455. The maximum atomic E-state index is 12.6. The summed E-state index contributed by atoms with van der Waals surface area (Å²) in [6.07, 6.45) is 0. The van der Waals surface area contributed by atoms with E-state index in [0.717, 1.165) is 33.2 Å². The number of aromatic amines is 2. The maximum Gasteiger partial charge on any atom is 0.251 e. The minimum atomic E-state index is -0.150. The third kappa shape index (κ3) is 3.34. The Hall–Kier alpha value is -3.64. The molecule has 0 spiro atoms. The molecule has 0 saturated heterocycles. The van der Waals surface area contributed by atoms with E-state index in [-0.39, 0.29) is 5.91 Å². The molecule has 6 nitrogen and oxygen atoms in total. The first-order valence-corrected chi connectivity index (χ1v) is 9.51. The van der Waals surface area contributed by atoms with Gasteiger partial charge in [0.1, 0.15) is 5.69 Å². The average Bonchev–Trinajstić information content (AvgIpc) is 3.36. The van der Waals surface area contributed by atoms with Gasteiger partial charge in [0.25, 0.3) is 5.91 Å². The Morgan fingerprint density at radius 1 is 1.00 bits per heavy atom. The van der Waals surface area contributed by atoms with Crippen LogP contribution in [0.5, 0.6) is 0 Å². The van der Waals surface area contributed by atoms with Crippen LogP contribution < -0.4 is 5.32 Å². The van der Waals surface area contributed by atoms with E-state index < -0.39 is 0 Å². The molecule has 3 N–H and O–H groups in total. The van der Waals surface area contributed by atoms with Crippen molar-refractivity contribution in [3.05, 3.63) is 82.9 Å². The number of rotatable bonds is 4. The third-order valence-corrected chi connectivity index (χ3v) is 5.06. The van der Waals surface area contributed by atoms with Gasteiger partial charge in [-0.05, 0) is 42.0 Å². The highest BCUT2D eigenvalue weighted by molar-refractivity contribution is 6.30. The number of fused-ring (bicyclic) bond motifs is 2. The van der Waals surface area contributed by atoms with Gasteiger partial charge in [0, 0.05) is 22.5 Å².